The summed E-state index contributed by atoms with van der Waals surface area (Å²) in [5.74, 6) is 0.400. The number of nitrogens with two attached hydrogens (primary N) is 1. The number of hydrogen-bond acceptors (Lipinski definition) is 3. The van der Waals surface area contributed by atoms with Crippen LogP contribution in [0.2, 0.25) is 0 Å². The maximum Gasteiger partial charge on any atom is 0.220 e. The Bertz CT molecular complexity index is 326. The third kappa shape index (κ3) is 3.89. The second kappa shape index (κ2) is 5.90. The average Bonchev–Trinajstić information content (AvgIpc) is 2.20. The molecule has 0 saturated heterocycles. The predicted molar refractivity (Wildman–Crippen MR) is 59.9 cm³/mol. The highest BCUT2D eigenvalue weighted by Crippen LogP contribution is 2.23. The van der Waals surface area contributed by atoms with Gasteiger partial charge in [-0.05, 0) is 19.1 Å². The minimum Gasteiger partial charge on any atom is -0.491 e. The fourth-order valence-electron chi connectivity index (χ4n) is 1.19. The van der Waals surface area contributed by atoms with Crippen LogP contribution in [0, 0.1) is 0 Å². The number of anilines is 1. The van der Waals surface area contributed by atoms with Gasteiger partial charge < -0.3 is 15.8 Å². The highest BCUT2D eigenvalue weighted by molar-refractivity contribution is 5.73. The normalized spacial score (nSPS) is 9.67. The van der Waals surface area contributed by atoms with Crippen molar-refractivity contribution in [3.05, 3.63) is 24.3 Å². The molecule has 15 heavy (non-hydrogen) atoms. The van der Waals surface area contributed by atoms with Gasteiger partial charge >= 0.3 is 0 Å². The van der Waals surface area contributed by atoms with Gasteiger partial charge in [-0.25, -0.2) is 0 Å². The Hall–Kier alpha value is -1.71. The Morgan fingerprint density at radius 3 is 2.87 bits per heavy atom. The summed E-state index contributed by atoms with van der Waals surface area (Å²) in [6.07, 6.45) is 0.237. The van der Waals surface area contributed by atoms with Crippen molar-refractivity contribution in [1.82, 2.24) is 0 Å². The van der Waals surface area contributed by atoms with Crippen molar-refractivity contribution in [2.24, 2.45) is 5.73 Å². The largest absolute Gasteiger partial charge is 0.491 e. The zero-order chi connectivity index (χ0) is 11.1. The van der Waals surface area contributed by atoms with E-state index in [0.29, 0.717) is 6.61 Å². The van der Waals surface area contributed by atoms with Crippen LogP contribution in [0.25, 0.3) is 0 Å². The molecular weight excluding hydrogens is 192 g/mol. The van der Waals surface area contributed by atoms with Gasteiger partial charge in [0.05, 0.1) is 18.7 Å². The summed E-state index contributed by atoms with van der Waals surface area (Å²) in [7, 11) is 0. The van der Waals surface area contributed by atoms with Crippen LogP contribution in [0.15, 0.2) is 24.3 Å². The Labute approximate surface area is 89.4 Å². The number of rotatable bonds is 6. The quantitative estimate of drug-likeness (QED) is 0.742. The maximum absolute atomic E-state index is 10.5. The molecule has 0 atom stereocenters. The summed E-state index contributed by atoms with van der Waals surface area (Å²) in [4.78, 5) is 10.5. The molecule has 82 valence electrons. The molecule has 0 bridgehead atoms. The first-order chi connectivity index (χ1) is 7.24. The van der Waals surface area contributed by atoms with E-state index in [4.69, 9.17) is 10.5 Å². The average molecular weight is 208 g/mol. The Morgan fingerprint density at radius 2 is 2.20 bits per heavy atom. The molecule has 3 N–H and O–H groups in total. The molecule has 0 heterocycles. The molecule has 1 amide bonds. The lowest BCUT2D eigenvalue weighted by molar-refractivity contribution is -0.118. The van der Waals surface area contributed by atoms with Gasteiger partial charge in [-0.15, -0.1) is 0 Å². The van der Waals surface area contributed by atoms with Crippen LogP contribution in [0.5, 0.6) is 5.75 Å². The Balaban J connectivity index is 2.55. The van der Waals surface area contributed by atoms with Crippen LogP contribution in [-0.4, -0.2) is 19.1 Å². The summed E-state index contributed by atoms with van der Waals surface area (Å²) in [6.45, 7) is 3.16. The number of amides is 1. The van der Waals surface area contributed by atoms with Gasteiger partial charge in [0.2, 0.25) is 5.91 Å². The minimum absolute atomic E-state index is 0.237. The molecule has 0 aliphatic heterocycles. The topological polar surface area (TPSA) is 64.3 Å². The van der Waals surface area contributed by atoms with E-state index < -0.39 is 0 Å². The van der Waals surface area contributed by atoms with Gasteiger partial charge in [0.25, 0.3) is 0 Å². The molecule has 4 heteroatoms. The number of para-hydroxylation sites is 2. The molecule has 1 aromatic carbocycles. The first-order valence-electron chi connectivity index (χ1n) is 4.98. The molecule has 0 unspecified atom stereocenters. The van der Waals surface area contributed by atoms with Crippen molar-refractivity contribution in [1.29, 1.82) is 0 Å². The standard InChI is InChI=1S/C11H16N2O2/c1-2-13-9-5-3-4-6-10(9)15-8-7-11(12)14/h3-6,13H,2,7-8H2,1H3,(H2,12,14). The molecule has 0 spiro atoms. The number of carbonyl (C=O) groups excluding carboxylic acids is 1. The van der Waals surface area contributed by atoms with Gasteiger partial charge in [0.1, 0.15) is 5.75 Å². The number of primary amides is 1. The summed E-state index contributed by atoms with van der Waals surface area (Å²) < 4.78 is 5.44. The van der Waals surface area contributed by atoms with Gasteiger partial charge in [0, 0.05) is 6.54 Å². The molecular formula is C11H16N2O2. The first kappa shape index (κ1) is 11.4. The second-order valence-electron chi connectivity index (χ2n) is 3.09. The van der Waals surface area contributed by atoms with Gasteiger partial charge in [-0.3, -0.25) is 4.79 Å². The van der Waals surface area contributed by atoms with Crippen molar-refractivity contribution < 1.29 is 9.53 Å². The number of hydrogen-bond donors (Lipinski definition) is 2. The zero-order valence-electron chi connectivity index (χ0n) is 8.82. The first-order valence-corrected chi connectivity index (χ1v) is 4.98. The molecule has 1 rings (SSSR count). The third-order valence-electron chi connectivity index (χ3n) is 1.86. The molecule has 0 radical (unpaired) electrons. The van der Waals surface area contributed by atoms with Gasteiger partial charge in [-0.2, -0.15) is 0 Å². The monoisotopic (exact) mass is 208 g/mol. The lowest BCUT2D eigenvalue weighted by Crippen LogP contribution is -2.15. The molecule has 4 nitrogen and oxygen atoms in total. The van der Waals surface area contributed by atoms with Gasteiger partial charge in [0.15, 0.2) is 0 Å². The highest BCUT2D eigenvalue weighted by Gasteiger charge is 2.01. The van der Waals surface area contributed by atoms with E-state index in [2.05, 4.69) is 5.32 Å². The van der Waals surface area contributed by atoms with Crippen molar-refractivity contribution in [2.75, 3.05) is 18.5 Å². The van der Waals surface area contributed by atoms with Crippen LogP contribution in [0.4, 0.5) is 5.69 Å². The molecule has 0 fully saturated rings. The van der Waals surface area contributed by atoms with Crippen molar-refractivity contribution in [3.8, 4) is 5.75 Å². The van der Waals surface area contributed by atoms with E-state index >= 15 is 0 Å². The van der Waals surface area contributed by atoms with Crippen LogP contribution >= 0.6 is 0 Å². The fourth-order valence-corrected chi connectivity index (χ4v) is 1.19. The predicted octanol–water partition coefficient (Wildman–Crippen LogP) is 1.37. The molecule has 0 saturated carbocycles. The maximum atomic E-state index is 10.5. The molecule has 0 aliphatic rings. The number of ether oxygens (including phenoxy) is 1. The number of carbonyl (C=O) groups is 1. The third-order valence-corrected chi connectivity index (χ3v) is 1.86. The van der Waals surface area contributed by atoms with Crippen molar-refractivity contribution in [3.63, 3.8) is 0 Å². The highest BCUT2D eigenvalue weighted by atomic mass is 16.5. The van der Waals surface area contributed by atoms with E-state index in [9.17, 15) is 4.79 Å². The minimum atomic E-state index is -0.351. The molecule has 1 aromatic rings. The van der Waals surface area contributed by atoms with Crippen LogP contribution in [-0.2, 0) is 4.79 Å². The Morgan fingerprint density at radius 1 is 1.47 bits per heavy atom. The van der Waals surface area contributed by atoms with E-state index in [1.807, 2.05) is 31.2 Å². The van der Waals surface area contributed by atoms with Crippen LogP contribution < -0.4 is 15.8 Å². The molecule has 0 aliphatic carbocycles. The summed E-state index contributed by atoms with van der Waals surface area (Å²) >= 11 is 0. The smallest absolute Gasteiger partial charge is 0.220 e. The zero-order valence-corrected chi connectivity index (χ0v) is 8.82. The summed E-state index contributed by atoms with van der Waals surface area (Å²) in [5, 5.41) is 3.17. The van der Waals surface area contributed by atoms with Crippen molar-refractivity contribution in [2.45, 2.75) is 13.3 Å². The van der Waals surface area contributed by atoms with Crippen LogP contribution in [0.1, 0.15) is 13.3 Å². The fraction of sp³-hybridized carbons (Fsp3) is 0.364. The number of benzene rings is 1. The lowest BCUT2D eigenvalue weighted by atomic mass is 10.3. The second-order valence-corrected chi connectivity index (χ2v) is 3.09. The van der Waals surface area contributed by atoms with Crippen molar-refractivity contribution >= 4 is 11.6 Å². The Kier molecular flexibility index (Phi) is 4.47. The van der Waals surface area contributed by atoms with E-state index in [1.165, 1.54) is 0 Å². The lowest BCUT2D eigenvalue weighted by Gasteiger charge is -2.11. The molecule has 0 aromatic heterocycles. The van der Waals surface area contributed by atoms with Gasteiger partial charge in [-0.1, -0.05) is 12.1 Å². The van der Waals surface area contributed by atoms with E-state index in [-0.39, 0.29) is 12.3 Å². The van der Waals surface area contributed by atoms with Crippen LogP contribution in [0.3, 0.4) is 0 Å². The van der Waals surface area contributed by atoms with E-state index in [1.54, 1.807) is 0 Å². The number of nitrogens with one attached hydrogen (secondary N) is 1. The SMILES string of the molecule is CCNc1ccccc1OCCC(N)=O. The summed E-state index contributed by atoms with van der Waals surface area (Å²) in [6, 6.07) is 7.61. The van der Waals surface area contributed by atoms with E-state index in [0.717, 1.165) is 18.0 Å². The summed E-state index contributed by atoms with van der Waals surface area (Å²) in [5.41, 5.74) is 5.95.